The van der Waals surface area contributed by atoms with Gasteiger partial charge in [-0.25, -0.2) is 0 Å². The minimum atomic E-state index is -0.517. The van der Waals surface area contributed by atoms with Crippen LogP contribution in [-0.4, -0.2) is 33.6 Å². The summed E-state index contributed by atoms with van der Waals surface area (Å²) < 4.78 is 1.87. The van der Waals surface area contributed by atoms with Crippen LogP contribution in [0.1, 0.15) is 23.9 Å². The maximum absolute atomic E-state index is 12.0. The highest BCUT2D eigenvalue weighted by Gasteiger charge is 2.39. The van der Waals surface area contributed by atoms with Gasteiger partial charge in [0, 0.05) is 24.4 Å². The van der Waals surface area contributed by atoms with Crippen molar-refractivity contribution in [3.05, 3.63) is 16.6 Å². The Balaban J connectivity index is 2.07. The van der Waals surface area contributed by atoms with E-state index in [0.717, 1.165) is 20.8 Å². The molecule has 1 aliphatic heterocycles. The Morgan fingerprint density at radius 1 is 1.50 bits per heavy atom. The van der Waals surface area contributed by atoms with Gasteiger partial charge in [-0.1, -0.05) is 0 Å². The number of hydrogen-bond donors (Lipinski definition) is 2. The molecule has 1 fully saturated rings. The number of aryl methyl sites for hydroxylation is 2. The maximum Gasteiger partial charge on any atom is 0.231 e. The third-order valence-corrected chi connectivity index (χ3v) is 5.31. The van der Waals surface area contributed by atoms with Crippen molar-refractivity contribution in [1.29, 1.82) is 5.41 Å². The molecule has 3 heterocycles. The second-order valence-electron chi connectivity index (χ2n) is 5.47. The molecule has 3 rings (SSSR count). The summed E-state index contributed by atoms with van der Waals surface area (Å²) in [6, 6.07) is 2.08. The molecule has 7 heteroatoms. The average molecular weight is 291 g/mol. The molecule has 20 heavy (non-hydrogen) atoms. The van der Waals surface area contributed by atoms with Crippen LogP contribution >= 0.6 is 11.3 Å². The van der Waals surface area contributed by atoms with Crippen molar-refractivity contribution in [2.45, 2.75) is 25.8 Å². The molecule has 1 aliphatic rings. The molecule has 1 saturated heterocycles. The van der Waals surface area contributed by atoms with Gasteiger partial charge in [0.05, 0.1) is 17.7 Å². The highest BCUT2D eigenvalue weighted by atomic mass is 32.1. The summed E-state index contributed by atoms with van der Waals surface area (Å²) in [5.74, 6) is 0.111. The van der Waals surface area contributed by atoms with Crippen LogP contribution in [0.2, 0.25) is 0 Å². The number of rotatable bonds is 1. The quantitative estimate of drug-likeness (QED) is 0.837. The van der Waals surface area contributed by atoms with E-state index in [4.69, 9.17) is 5.41 Å². The van der Waals surface area contributed by atoms with E-state index in [1.165, 1.54) is 4.90 Å². The van der Waals surface area contributed by atoms with Gasteiger partial charge < -0.3 is 5.32 Å². The largest absolute Gasteiger partial charge is 0.345 e. The maximum atomic E-state index is 12.0. The third-order valence-electron chi connectivity index (χ3n) is 3.85. The van der Waals surface area contributed by atoms with Crippen LogP contribution in [0, 0.1) is 12.3 Å². The van der Waals surface area contributed by atoms with Gasteiger partial charge in [-0.05, 0) is 19.9 Å². The monoisotopic (exact) mass is 291 g/mol. The van der Waals surface area contributed by atoms with Gasteiger partial charge in [-0.2, -0.15) is 5.10 Å². The third kappa shape index (κ3) is 1.73. The highest BCUT2D eigenvalue weighted by Crippen LogP contribution is 2.37. The van der Waals surface area contributed by atoms with Crippen molar-refractivity contribution in [1.82, 2.24) is 20.0 Å². The Morgan fingerprint density at radius 3 is 2.80 bits per heavy atom. The topological polar surface area (TPSA) is 74.0 Å². The van der Waals surface area contributed by atoms with E-state index in [-0.39, 0.29) is 11.9 Å². The molecular formula is C13H17N5OS. The molecule has 0 radical (unpaired) electrons. The van der Waals surface area contributed by atoms with Crippen LogP contribution < -0.4 is 5.32 Å². The first-order chi connectivity index (χ1) is 9.32. The summed E-state index contributed by atoms with van der Waals surface area (Å²) in [5, 5.41) is 16.6. The molecule has 6 nitrogen and oxygen atoms in total. The molecule has 0 aromatic carbocycles. The first-order valence-corrected chi connectivity index (χ1v) is 7.20. The van der Waals surface area contributed by atoms with Crippen molar-refractivity contribution in [3.63, 3.8) is 0 Å². The molecule has 0 aliphatic carbocycles. The molecule has 2 aromatic rings. The predicted molar refractivity (Wildman–Crippen MR) is 78.9 cm³/mol. The van der Waals surface area contributed by atoms with E-state index >= 15 is 0 Å². The van der Waals surface area contributed by atoms with Crippen LogP contribution in [0.5, 0.6) is 0 Å². The first-order valence-electron chi connectivity index (χ1n) is 6.39. The predicted octanol–water partition coefficient (Wildman–Crippen LogP) is 1.54. The smallest absolute Gasteiger partial charge is 0.231 e. The SMILES string of the molecule is Cc1nn(C)c2sc([C@]3(C)CC(=O)N(C)C(=N)N3)cc12. The van der Waals surface area contributed by atoms with Gasteiger partial charge in [0.15, 0.2) is 5.96 Å². The molecule has 1 atom stereocenters. The van der Waals surface area contributed by atoms with Gasteiger partial charge in [-0.15, -0.1) is 11.3 Å². The van der Waals surface area contributed by atoms with E-state index in [2.05, 4.69) is 16.5 Å². The number of nitrogens with zero attached hydrogens (tertiary/aromatic N) is 3. The minimum Gasteiger partial charge on any atom is -0.345 e. The number of thiophene rings is 1. The van der Waals surface area contributed by atoms with Crippen molar-refractivity contribution in [2.75, 3.05) is 7.05 Å². The fourth-order valence-electron chi connectivity index (χ4n) is 2.56. The van der Waals surface area contributed by atoms with Crippen LogP contribution in [0.25, 0.3) is 10.2 Å². The standard InChI is InChI=1S/C13H17N5OS/c1-7-8-5-9(20-11(8)18(4)16-7)13(2)6-10(19)17(3)12(14)15-13/h5H,6H2,1-4H3,(H2,14,15)/t13-/m0/s1. The van der Waals surface area contributed by atoms with Crippen molar-refractivity contribution in [2.24, 2.45) is 7.05 Å². The van der Waals surface area contributed by atoms with Crippen molar-refractivity contribution >= 4 is 33.4 Å². The summed E-state index contributed by atoms with van der Waals surface area (Å²) in [7, 11) is 3.55. The molecule has 0 bridgehead atoms. The summed E-state index contributed by atoms with van der Waals surface area (Å²) in [6.45, 7) is 3.95. The lowest BCUT2D eigenvalue weighted by molar-refractivity contribution is -0.129. The van der Waals surface area contributed by atoms with E-state index in [9.17, 15) is 4.79 Å². The number of carbonyl (C=O) groups excluding carboxylic acids is 1. The van der Waals surface area contributed by atoms with Gasteiger partial charge in [-0.3, -0.25) is 19.8 Å². The Morgan fingerprint density at radius 2 is 2.20 bits per heavy atom. The number of hydrogen-bond acceptors (Lipinski definition) is 4. The first kappa shape index (κ1) is 13.1. The molecule has 106 valence electrons. The Labute approximate surface area is 120 Å². The molecule has 1 amide bonds. The molecule has 0 unspecified atom stereocenters. The Kier molecular flexibility index (Phi) is 2.66. The summed E-state index contributed by atoms with van der Waals surface area (Å²) >= 11 is 1.63. The van der Waals surface area contributed by atoms with Crippen LogP contribution in [-0.2, 0) is 17.4 Å². The lowest BCUT2D eigenvalue weighted by atomic mass is 9.93. The normalized spacial score (nSPS) is 23.5. The molecule has 2 N–H and O–H groups in total. The van der Waals surface area contributed by atoms with Crippen molar-refractivity contribution < 1.29 is 4.79 Å². The molecular weight excluding hydrogens is 274 g/mol. The number of nitrogens with one attached hydrogen (secondary N) is 2. The zero-order chi connectivity index (χ0) is 14.7. The number of fused-ring (bicyclic) bond motifs is 1. The fraction of sp³-hybridized carbons (Fsp3) is 0.462. The number of guanidine groups is 1. The van der Waals surface area contributed by atoms with Gasteiger partial charge in [0.2, 0.25) is 5.91 Å². The van der Waals surface area contributed by atoms with E-state index in [0.29, 0.717) is 6.42 Å². The minimum absolute atomic E-state index is 0.0384. The van der Waals surface area contributed by atoms with Gasteiger partial charge in [0.1, 0.15) is 4.83 Å². The van der Waals surface area contributed by atoms with Crippen LogP contribution in [0.4, 0.5) is 0 Å². The number of aromatic nitrogens is 2. The zero-order valence-corrected chi connectivity index (χ0v) is 12.8. The number of amides is 1. The molecule has 0 saturated carbocycles. The zero-order valence-electron chi connectivity index (χ0n) is 11.9. The summed E-state index contributed by atoms with van der Waals surface area (Å²) in [5.41, 5.74) is 0.472. The fourth-order valence-corrected chi connectivity index (χ4v) is 3.78. The molecule has 2 aromatic heterocycles. The van der Waals surface area contributed by atoms with Gasteiger partial charge in [0.25, 0.3) is 0 Å². The summed E-state index contributed by atoms with van der Waals surface area (Å²) in [4.78, 5) is 15.5. The second kappa shape index (κ2) is 4.05. The van der Waals surface area contributed by atoms with Crippen LogP contribution in [0.3, 0.4) is 0 Å². The summed E-state index contributed by atoms with van der Waals surface area (Å²) in [6.07, 6.45) is 0.352. The average Bonchev–Trinajstić information content (AvgIpc) is 2.90. The van der Waals surface area contributed by atoms with Crippen LogP contribution in [0.15, 0.2) is 6.07 Å². The Hall–Kier alpha value is -1.89. The lowest BCUT2D eigenvalue weighted by Crippen LogP contribution is -2.57. The second-order valence-corrected chi connectivity index (χ2v) is 6.50. The van der Waals surface area contributed by atoms with E-state index in [1.807, 2.05) is 25.6 Å². The number of carbonyl (C=O) groups is 1. The lowest BCUT2D eigenvalue weighted by Gasteiger charge is -2.38. The Bertz CT molecular complexity index is 676. The van der Waals surface area contributed by atoms with Gasteiger partial charge >= 0.3 is 0 Å². The van der Waals surface area contributed by atoms with E-state index in [1.54, 1.807) is 18.4 Å². The van der Waals surface area contributed by atoms with Crippen molar-refractivity contribution in [3.8, 4) is 0 Å². The highest BCUT2D eigenvalue weighted by molar-refractivity contribution is 7.18. The van der Waals surface area contributed by atoms with E-state index < -0.39 is 5.54 Å². The molecule has 0 spiro atoms.